The Labute approximate surface area is 88.5 Å². The van der Waals surface area contributed by atoms with Crippen molar-refractivity contribution in [3.05, 3.63) is 33.8 Å². The van der Waals surface area contributed by atoms with Gasteiger partial charge in [-0.3, -0.25) is 0 Å². The lowest BCUT2D eigenvalue weighted by Crippen LogP contribution is -2.23. The molecule has 0 aromatic heterocycles. The van der Waals surface area contributed by atoms with Crippen LogP contribution in [0.5, 0.6) is 0 Å². The number of rotatable bonds is 0. The van der Waals surface area contributed by atoms with Gasteiger partial charge in [0.2, 0.25) is 0 Å². The molecule has 1 aliphatic rings. The lowest BCUT2D eigenvalue weighted by atomic mass is 9.73. The molecule has 0 nitrogen and oxygen atoms in total. The van der Waals surface area contributed by atoms with Crippen LogP contribution >= 0.6 is 15.9 Å². The highest BCUT2D eigenvalue weighted by Crippen LogP contribution is 2.39. The number of hydrogen-bond acceptors (Lipinski definition) is 0. The molecule has 0 heterocycles. The van der Waals surface area contributed by atoms with E-state index in [0.717, 1.165) is 0 Å². The van der Waals surface area contributed by atoms with E-state index in [1.807, 2.05) is 0 Å². The Hall–Kier alpha value is -0.300. The molecule has 0 N–H and O–H groups in total. The van der Waals surface area contributed by atoms with Crippen LogP contribution in [-0.2, 0) is 11.8 Å². The molecule has 1 heteroatoms. The van der Waals surface area contributed by atoms with E-state index in [0.29, 0.717) is 5.41 Å². The van der Waals surface area contributed by atoms with E-state index in [1.165, 1.54) is 34.9 Å². The largest absolute Gasteiger partial charge is 0.0608 e. The van der Waals surface area contributed by atoms with Crippen LogP contribution in [0.15, 0.2) is 22.7 Å². The van der Waals surface area contributed by atoms with Gasteiger partial charge in [0.1, 0.15) is 0 Å². The first-order valence-corrected chi connectivity index (χ1v) is 5.68. The van der Waals surface area contributed by atoms with Crippen LogP contribution in [0, 0.1) is 0 Å². The predicted molar refractivity (Wildman–Crippen MR) is 60.1 cm³/mol. The lowest BCUT2D eigenvalue weighted by Gasteiger charge is -2.33. The Kier molecular flexibility index (Phi) is 2.23. The summed E-state index contributed by atoms with van der Waals surface area (Å²) in [6.45, 7) is 4.69. The van der Waals surface area contributed by atoms with Crippen LogP contribution < -0.4 is 0 Å². The SMILES string of the molecule is CC1(C)CCCc2c(Br)cccc21. The minimum Gasteiger partial charge on any atom is -0.0608 e. The van der Waals surface area contributed by atoms with Gasteiger partial charge in [-0.1, -0.05) is 41.9 Å². The number of halogens is 1. The highest BCUT2D eigenvalue weighted by molar-refractivity contribution is 9.10. The van der Waals surface area contributed by atoms with Crippen molar-refractivity contribution in [2.24, 2.45) is 0 Å². The molecule has 2 rings (SSSR count). The van der Waals surface area contributed by atoms with Crippen molar-refractivity contribution >= 4 is 15.9 Å². The topological polar surface area (TPSA) is 0 Å². The molecule has 0 atom stereocenters. The summed E-state index contributed by atoms with van der Waals surface area (Å²) in [5, 5.41) is 0. The second-order valence-corrected chi connectivity index (χ2v) is 5.36. The summed E-state index contributed by atoms with van der Waals surface area (Å²) in [4.78, 5) is 0. The quantitative estimate of drug-likeness (QED) is 0.640. The van der Waals surface area contributed by atoms with E-state index in [9.17, 15) is 0 Å². The highest BCUT2D eigenvalue weighted by atomic mass is 79.9. The fourth-order valence-electron chi connectivity index (χ4n) is 2.29. The normalized spacial score (nSPS) is 19.6. The van der Waals surface area contributed by atoms with Crippen LogP contribution in [0.3, 0.4) is 0 Å². The van der Waals surface area contributed by atoms with Gasteiger partial charge in [0.25, 0.3) is 0 Å². The van der Waals surface area contributed by atoms with E-state index in [1.54, 1.807) is 0 Å². The minimum absolute atomic E-state index is 0.372. The average Bonchev–Trinajstić information content (AvgIpc) is 2.06. The first-order chi connectivity index (χ1) is 6.11. The number of benzene rings is 1. The molecule has 0 aliphatic heterocycles. The van der Waals surface area contributed by atoms with Gasteiger partial charge in [-0.15, -0.1) is 0 Å². The number of hydrogen-bond donors (Lipinski definition) is 0. The monoisotopic (exact) mass is 238 g/mol. The first kappa shape index (κ1) is 9.26. The molecule has 13 heavy (non-hydrogen) atoms. The van der Waals surface area contributed by atoms with E-state index in [2.05, 4.69) is 48.0 Å². The second-order valence-electron chi connectivity index (χ2n) is 4.50. The highest BCUT2D eigenvalue weighted by Gasteiger charge is 2.27. The maximum absolute atomic E-state index is 3.63. The van der Waals surface area contributed by atoms with Crippen LogP contribution in [0.1, 0.15) is 37.8 Å². The smallest absolute Gasteiger partial charge is 0.0210 e. The van der Waals surface area contributed by atoms with Crippen LogP contribution in [-0.4, -0.2) is 0 Å². The van der Waals surface area contributed by atoms with Gasteiger partial charge >= 0.3 is 0 Å². The van der Waals surface area contributed by atoms with Crippen molar-refractivity contribution in [2.45, 2.75) is 38.5 Å². The van der Waals surface area contributed by atoms with Gasteiger partial charge < -0.3 is 0 Å². The summed E-state index contributed by atoms with van der Waals surface area (Å²) in [7, 11) is 0. The molecule has 0 spiro atoms. The molecule has 0 bridgehead atoms. The Morgan fingerprint density at radius 3 is 2.77 bits per heavy atom. The lowest BCUT2D eigenvalue weighted by molar-refractivity contribution is 0.431. The molecule has 1 aliphatic carbocycles. The van der Waals surface area contributed by atoms with Gasteiger partial charge in [0, 0.05) is 4.47 Å². The molecule has 0 saturated heterocycles. The summed E-state index contributed by atoms with van der Waals surface area (Å²) in [6, 6.07) is 6.58. The third-order valence-corrected chi connectivity index (χ3v) is 3.82. The van der Waals surface area contributed by atoms with Crippen LogP contribution in [0.25, 0.3) is 0 Å². The first-order valence-electron chi connectivity index (χ1n) is 4.89. The Morgan fingerprint density at radius 2 is 2.08 bits per heavy atom. The third-order valence-electron chi connectivity index (χ3n) is 3.08. The van der Waals surface area contributed by atoms with Gasteiger partial charge in [-0.2, -0.15) is 0 Å². The zero-order valence-corrected chi connectivity index (χ0v) is 9.82. The zero-order valence-electron chi connectivity index (χ0n) is 8.23. The standard InChI is InChI=1S/C12H15Br/c1-12(2)8-4-5-9-10(12)6-3-7-11(9)13/h3,6-7H,4-5,8H2,1-2H3. The van der Waals surface area contributed by atoms with Gasteiger partial charge in [0.15, 0.2) is 0 Å². The van der Waals surface area contributed by atoms with Crippen molar-refractivity contribution in [2.75, 3.05) is 0 Å². The van der Waals surface area contributed by atoms with Crippen molar-refractivity contribution in [1.82, 2.24) is 0 Å². The summed E-state index contributed by atoms with van der Waals surface area (Å²) < 4.78 is 1.29. The predicted octanol–water partition coefficient (Wildman–Crippen LogP) is 4.06. The maximum atomic E-state index is 3.63. The Balaban J connectivity index is 2.58. The fourth-order valence-corrected chi connectivity index (χ4v) is 2.85. The third kappa shape index (κ3) is 1.54. The van der Waals surface area contributed by atoms with Crippen molar-refractivity contribution < 1.29 is 0 Å². The zero-order chi connectivity index (χ0) is 9.47. The molecule has 0 unspecified atom stereocenters. The molecule has 1 aromatic carbocycles. The van der Waals surface area contributed by atoms with E-state index < -0.39 is 0 Å². The molecule has 0 amide bonds. The summed E-state index contributed by atoms with van der Waals surface area (Å²) in [5.74, 6) is 0. The minimum atomic E-state index is 0.372. The van der Waals surface area contributed by atoms with Gasteiger partial charge in [0.05, 0.1) is 0 Å². The second kappa shape index (κ2) is 3.13. The number of fused-ring (bicyclic) bond motifs is 1. The van der Waals surface area contributed by atoms with Gasteiger partial charge in [-0.05, 0) is 41.9 Å². The Bertz CT molecular complexity index is 326. The summed E-state index contributed by atoms with van der Waals surface area (Å²) >= 11 is 3.63. The molecule has 0 fully saturated rings. The molecule has 1 aromatic rings. The molecule has 0 radical (unpaired) electrons. The molecular weight excluding hydrogens is 224 g/mol. The molecular formula is C12H15Br. The van der Waals surface area contributed by atoms with E-state index >= 15 is 0 Å². The van der Waals surface area contributed by atoms with E-state index in [-0.39, 0.29) is 0 Å². The summed E-state index contributed by atoms with van der Waals surface area (Å²) in [6.07, 6.45) is 3.87. The van der Waals surface area contributed by atoms with Crippen molar-refractivity contribution in [3.8, 4) is 0 Å². The van der Waals surface area contributed by atoms with Crippen molar-refractivity contribution in [1.29, 1.82) is 0 Å². The average molecular weight is 239 g/mol. The van der Waals surface area contributed by atoms with Gasteiger partial charge in [-0.25, -0.2) is 0 Å². The van der Waals surface area contributed by atoms with Crippen molar-refractivity contribution in [3.63, 3.8) is 0 Å². The fraction of sp³-hybridized carbons (Fsp3) is 0.500. The van der Waals surface area contributed by atoms with Crippen LogP contribution in [0.2, 0.25) is 0 Å². The Morgan fingerprint density at radius 1 is 1.31 bits per heavy atom. The molecule has 70 valence electrons. The summed E-state index contributed by atoms with van der Waals surface area (Å²) in [5.41, 5.74) is 3.43. The van der Waals surface area contributed by atoms with E-state index in [4.69, 9.17) is 0 Å². The van der Waals surface area contributed by atoms with Crippen LogP contribution in [0.4, 0.5) is 0 Å². The maximum Gasteiger partial charge on any atom is 0.0210 e. The molecule has 0 saturated carbocycles.